The summed E-state index contributed by atoms with van der Waals surface area (Å²) in [4.78, 5) is 29.1. The molecule has 8 nitrogen and oxygen atoms in total. The molecular weight excluding hydrogens is 438 g/mol. The van der Waals surface area contributed by atoms with E-state index in [1.54, 1.807) is 22.8 Å². The van der Waals surface area contributed by atoms with Crippen LogP contribution >= 0.6 is 11.3 Å². The number of hydrogen-bond acceptors (Lipinski definition) is 6. The number of nitrogens with zero attached hydrogens (tertiary/aromatic N) is 3. The zero-order valence-corrected chi connectivity index (χ0v) is 18.7. The largest absolute Gasteiger partial charge is 0.465 e. The summed E-state index contributed by atoms with van der Waals surface area (Å²) in [6, 6.07) is 10.5. The number of fused-ring (bicyclic) bond motifs is 1. The van der Waals surface area contributed by atoms with Crippen molar-refractivity contribution in [1.82, 2.24) is 8.87 Å². The molecule has 0 saturated carbocycles. The SMILES string of the molecule is C#CCn1c(=NC(=O)c2ccc(S(=O)(=O)N(C)C)cc2)sc2cc(C(=O)OC)ccc21. The van der Waals surface area contributed by atoms with E-state index >= 15 is 0 Å². The lowest BCUT2D eigenvalue weighted by atomic mass is 10.2. The van der Waals surface area contributed by atoms with E-state index in [-0.39, 0.29) is 17.0 Å². The van der Waals surface area contributed by atoms with Crippen LogP contribution in [-0.2, 0) is 21.3 Å². The van der Waals surface area contributed by atoms with Crippen LogP contribution < -0.4 is 4.80 Å². The van der Waals surface area contributed by atoms with Crippen molar-refractivity contribution in [2.75, 3.05) is 21.2 Å². The number of carbonyl (C=O) groups is 2. The summed E-state index contributed by atoms with van der Waals surface area (Å²) >= 11 is 1.21. The van der Waals surface area contributed by atoms with Crippen molar-refractivity contribution in [2.24, 2.45) is 4.99 Å². The molecule has 31 heavy (non-hydrogen) atoms. The smallest absolute Gasteiger partial charge is 0.337 e. The number of hydrogen-bond donors (Lipinski definition) is 0. The highest BCUT2D eigenvalue weighted by molar-refractivity contribution is 7.89. The Kier molecular flexibility index (Phi) is 6.40. The number of thiazole rings is 1. The predicted molar refractivity (Wildman–Crippen MR) is 117 cm³/mol. The van der Waals surface area contributed by atoms with Crippen molar-refractivity contribution in [2.45, 2.75) is 11.4 Å². The Bertz CT molecular complexity index is 1380. The average Bonchev–Trinajstić information content (AvgIpc) is 3.09. The second-order valence-electron chi connectivity index (χ2n) is 6.58. The third kappa shape index (κ3) is 4.44. The molecule has 0 bridgehead atoms. The van der Waals surface area contributed by atoms with Crippen molar-refractivity contribution in [1.29, 1.82) is 0 Å². The van der Waals surface area contributed by atoms with E-state index in [4.69, 9.17) is 11.2 Å². The Morgan fingerprint density at radius 1 is 1.16 bits per heavy atom. The molecule has 10 heteroatoms. The first kappa shape index (κ1) is 22.4. The van der Waals surface area contributed by atoms with Gasteiger partial charge in [0.15, 0.2) is 4.80 Å². The fourth-order valence-electron chi connectivity index (χ4n) is 2.78. The molecule has 0 fully saturated rings. The van der Waals surface area contributed by atoms with Gasteiger partial charge in [-0.25, -0.2) is 17.5 Å². The van der Waals surface area contributed by atoms with E-state index in [1.807, 2.05) is 0 Å². The molecule has 0 saturated heterocycles. The standard InChI is InChI=1S/C21H19N3O5S2/c1-5-12-24-17-11-8-15(20(26)29-4)13-18(17)30-21(24)22-19(25)14-6-9-16(10-7-14)31(27,28)23(2)3/h1,6-11,13H,12H2,2-4H3. The van der Waals surface area contributed by atoms with Crippen LogP contribution in [0.15, 0.2) is 52.4 Å². The van der Waals surface area contributed by atoms with E-state index in [0.717, 1.165) is 14.5 Å². The quantitative estimate of drug-likeness (QED) is 0.432. The van der Waals surface area contributed by atoms with Crippen molar-refractivity contribution in [3.05, 3.63) is 58.4 Å². The maximum Gasteiger partial charge on any atom is 0.337 e. The number of esters is 1. The van der Waals surface area contributed by atoms with Gasteiger partial charge in [-0.1, -0.05) is 17.3 Å². The van der Waals surface area contributed by atoms with Crippen LogP contribution in [0.5, 0.6) is 0 Å². The summed E-state index contributed by atoms with van der Waals surface area (Å²) < 4.78 is 32.6. The summed E-state index contributed by atoms with van der Waals surface area (Å²) in [6.45, 7) is 0.184. The van der Waals surface area contributed by atoms with Crippen LogP contribution in [0.3, 0.4) is 0 Å². The van der Waals surface area contributed by atoms with Gasteiger partial charge in [0.2, 0.25) is 10.0 Å². The fraction of sp³-hybridized carbons (Fsp3) is 0.190. The van der Waals surface area contributed by atoms with Gasteiger partial charge in [0.1, 0.15) is 0 Å². The second-order valence-corrected chi connectivity index (χ2v) is 9.74. The highest BCUT2D eigenvalue weighted by atomic mass is 32.2. The fourth-order valence-corrected chi connectivity index (χ4v) is 4.75. The number of ether oxygens (including phenoxy) is 1. The molecule has 0 radical (unpaired) electrons. The summed E-state index contributed by atoms with van der Waals surface area (Å²) in [7, 11) is 0.569. The number of carbonyl (C=O) groups excluding carboxylic acids is 2. The highest BCUT2D eigenvalue weighted by Gasteiger charge is 2.18. The lowest BCUT2D eigenvalue weighted by Gasteiger charge is -2.11. The van der Waals surface area contributed by atoms with Gasteiger partial charge in [-0.05, 0) is 42.5 Å². The summed E-state index contributed by atoms with van der Waals surface area (Å²) in [5.74, 6) is 1.52. The molecule has 0 atom stereocenters. The van der Waals surface area contributed by atoms with E-state index in [2.05, 4.69) is 10.9 Å². The minimum absolute atomic E-state index is 0.0775. The third-order valence-corrected chi connectivity index (χ3v) is 7.30. The molecule has 0 N–H and O–H groups in total. The van der Waals surface area contributed by atoms with Gasteiger partial charge in [-0.15, -0.1) is 6.42 Å². The van der Waals surface area contributed by atoms with E-state index < -0.39 is 21.9 Å². The number of methoxy groups -OCH3 is 1. The maximum absolute atomic E-state index is 12.7. The average molecular weight is 458 g/mol. The van der Waals surface area contributed by atoms with Crippen LogP contribution in [-0.4, -0.2) is 50.4 Å². The van der Waals surface area contributed by atoms with Crippen LogP contribution in [0.4, 0.5) is 0 Å². The van der Waals surface area contributed by atoms with Gasteiger partial charge in [-0.2, -0.15) is 4.99 Å². The Morgan fingerprint density at radius 3 is 2.39 bits per heavy atom. The van der Waals surface area contributed by atoms with E-state index in [1.165, 1.54) is 56.8 Å². The van der Waals surface area contributed by atoms with Crippen LogP contribution in [0.25, 0.3) is 10.2 Å². The number of sulfonamides is 1. The van der Waals surface area contributed by atoms with Gasteiger partial charge in [-0.3, -0.25) is 4.79 Å². The van der Waals surface area contributed by atoms with Crippen molar-refractivity contribution in [3.63, 3.8) is 0 Å². The number of rotatable bonds is 5. The molecule has 0 aliphatic carbocycles. The summed E-state index contributed by atoms with van der Waals surface area (Å²) in [5, 5.41) is 0. The Hall–Kier alpha value is -3.26. The van der Waals surface area contributed by atoms with Crippen LogP contribution in [0, 0.1) is 12.3 Å². The molecule has 0 aliphatic rings. The Morgan fingerprint density at radius 2 is 1.81 bits per heavy atom. The van der Waals surface area contributed by atoms with Gasteiger partial charge in [0, 0.05) is 19.7 Å². The molecule has 1 amide bonds. The molecule has 0 aliphatic heterocycles. The van der Waals surface area contributed by atoms with Crippen molar-refractivity contribution >= 4 is 43.5 Å². The molecule has 1 aromatic heterocycles. The molecular formula is C21H19N3O5S2. The van der Waals surface area contributed by atoms with Crippen LogP contribution in [0.2, 0.25) is 0 Å². The van der Waals surface area contributed by atoms with Gasteiger partial charge < -0.3 is 9.30 Å². The first-order valence-corrected chi connectivity index (χ1v) is 11.2. The number of aromatic nitrogens is 1. The minimum atomic E-state index is -3.59. The maximum atomic E-state index is 12.7. The minimum Gasteiger partial charge on any atom is -0.465 e. The van der Waals surface area contributed by atoms with Gasteiger partial charge >= 0.3 is 5.97 Å². The number of amides is 1. The molecule has 1 heterocycles. The third-order valence-electron chi connectivity index (χ3n) is 4.43. The van der Waals surface area contributed by atoms with Crippen LogP contribution in [0.1, 0.15) is 20.7 Å². The Balaban J connectivity index is 2.05. The lowest BCUT2D eigenvalue weighted by molar-refractivity contribution is 0.0600. The van der Waals surface area contributed by atoms with Crippen molar-refractivity contribution in [3.8, 4) is 12.3 Å². The lowest BCUT2D eigenvalue weighted by Crippen LogP contribution is -2.22. The number of benzene rings is 2. The molecule has 0 unspecified atom stereocenters. The zero-order valence-electron chi connectivity index (χ0n) is 17.0. The molecule has 0 spiro atoms. The topological polar surface area (TPSA) is 98.0 Å². The molecule has 3 rings (SSSR count). The first-order chi connectivity index (χ1) is 14.7. The molecule has 2 aromatic carbocycles. The normalized spacial score (nSPS) is 12.2. The predicted octanol–water partition coefficient (Wildman–Crippen LogP) is 2.11. The zero-order chi connectivity index (χ0) is 22.8. The van der Waals surface area contributed by atoms with Crippen molar-refractivity contribution < 1.29 is 22.7 Å². The van der Waals surface area contributed by atoms with E-state index in [9.17, 15) is 18.0 Å². The van der Waals surface area contributed by atoms with Gasteiger partial charge in [0.05, 0.1) is 34.3 Å². The number of terminal acetylenes is 1. The summed E-state index contributed by atoms with van der Waals surface area (Å²) in [5.41, 5.74) is 1.34. The summed E-state index contributed by atoms with van der Waals surface area (Å²) in [6.07, 6.45) is 5.48. The van der Waals surface area contributed by atoms with Gasteiger partial charge in [0.25, 0.3) is 5.91 Å². The molecule has 3 aromatic rings. The highest BCUT2D eigenvalue weighted by Crippen LogP contribution is 2.20. The monoisotopic (exact) mass is 457 g/mol. The molecule has 160 valence electrons. The van der Waals surface area contributed by atoms with E-state index in [0.29, 0.717) is 10.4 Å². The first-order valence-electron chi connectivity index (χ1n) is 8.96. The Labute approximate surface area is 183 Å². The second kappa shape index (κ2) is 8.85.